The Labute approximate surface area is 116 Å². The molecule has 0 aliphatic rings. The van der Waals surface area contributed by atoms with Crippen molar-refractivity contribution in [3.8, 4) is 0 Å². The molecule has 0 unspecified atom stereocenters. The number of rotatable bonds is 5. The van der Waals surface area contributed by atoms with Crippen LogP contribution in [0.25, 0.3) is 0 Å². The number of thioether (sulfide) groups is 1. The van der Waals surface area contributed by atoms with Crippen LogP contribution in [0.3, 0.4) is 0 Å². The van der Waals surface area contributed by atoms with Crippen molar-refractivity contribution >= 4 is 17.7 Å². The average Bonchev–Trinajstić information content (AvgIpc) is 2.83. The lowest BCUT2D eigenvalue weighted by Crippen LogP contribution is -2.23. The summed E-state index contributed by atoms with van der Waals surface area (Å²) >= 11 is 1.66. The summed E-state index contributed by atoms with van der Waals surface area (Å²) in [5.74, 6) is 1.59. The molecular formula is C14H16N2O2S. The molecule has 1 aromatic heterocycles. The van der Waals surface area contributed by atoms with Gasteiger partial charge in [-0.1, -0.05) is 24.2 Å². The molecule has 100 valence electrons. The Morgan fingerprint density at radius 2 is 2.21 bits per heavy atom. The summed E-state index contributed by atoms with van der Waals surface area (Å²) in [5, 5.41) is 6.70. The van der Waals surface area contributed by atoms with Crippen molar-refractivity contribution in [2.24, 2.45) is 0 Å². The molecule has 0 spiro atoms. The number of nitrogens with one attached hydrogen (secondary N) is 1. The molecular weight excluding hydrogens is 260 g/mol. The second-order valence-electron chi connectivity index (χ2n) is 4.04. The van der Waals surface area contributed by atoms with Gasteiger partial charge >= 0.3 is 0 Å². The highest BCUT2D eigenvalue weighted by atomic mass is 32.2. The molecule has 19 heavy (non-hydrogen) atoms. The molecule has 0 atom stereocenters. The highest BCUT2D eigenvalue weighted by molar-refractivity contribution is 7.99. The lowest BCUT2D eigenvalue weighted by Gasteiger charge is -2.07. The summed E-state index contributed by atoms with van der Waals surface area (Å²) in [6.07, 6.45) is 0. The number of nitrogens with zero attached hydrogens (tertiary/aromatic N) is 1. The van der Waals surface area contributed by atoms with E-state index in [-0.39, 0.29) is 5.91 Å². The van der Waals surface area contributed by atoms with E-state index < -0.39 is 0 Å². The van der Waals surface area contributed by atoms with Gasteiger partial charge < -0.3 is 9.84 Å². The van der Waals surface area contributed by atoms with Gasteiger partial charge in [-0.3, -0.25) is 4.79 Å². The van der Waals surface area contributed by atoms with Gasteiger partial charge in [0.15, 0.2) is 0 Å². The predicted molar refractivity (Wildman–Crippen MR) is 75.3 cm³/mol. The van der Waals surface area contributed by atoms with Crippen molar-refractivity contribution < 1.29 is 9.32 Å². The topological polar surface area (TPSA) is 55.1 Å². The molecule has 1 amide bonds. The third-order valence-electron chi connectivity index (χ3n) is 2.54. The van der Waals surface area contributed by atoms with E-state index in [4.69, 9.17) is 4.52 Å². The molecule has 0 radical (unpaired) electrons. The fourth-order valence-corrected chi connectivity index (χ4v) is 2.50. The lowest BCUT2D eigenvalue weighted by atomic mass is 10.2. The summed E-state index contributed by atoms with van der Waals surface area (Å²) in [7, 11) is 0. The van der Waals surface area contributed by atoms with Gasteiger partial charge in [0.2, 0.25) is 0 Å². The van der Waals surface area contributed by atoms with Crippen LogP contribution in [0.15, 0.2) is 39.8 Å². The van der Waals surface area contributed by atoms with Crippen LogP contribution in [0.5, 0.6) is 0 Å². The first-order chi connectivity index (χ1) is 9.20. The summed E-state index contributed by atoms with van der Waals surface area (Å²) < 4.78 is 4.96. The maximum absolute atomic E-state index is 12.1. The van der Waals surface area contributed by atoms with Crippen molar-refractivity contribution in [3.63, 3.8) is 0 Å². The van der Waals surface area contributed by atoms with Gasteiger partial charge in [0, 0.05) is 11.0 Å². The minimum Gasteiger partial charge on any atom is -0.361 e. The van der Waals surface area contributed by atoms with Crippen LogP contribution in [0.2, 0.25) is 0 Å². The van der Waals surface area contributed by atoms with Crippen LogP contribution in [0.1, 0.15) is 28.7 Å². The first kappa shape index (κ1) is 13.7. The smallest absolute Gasteiger partial charge is 0.252 e. The van der Waals surface area contributed by atoms with Gasteiger partial charge in [0.1, 0.15) is 11.5 Å². The van der Waals surface area contributed by atoms with Gasteiger partial charge in [-0.15, -0.1) is 11.8 Å². The lowest BCUT2D eigenvalue weighted by molar-refractivity contribution is 0.0947. The zero-order valence-corrected chi connectivity index (χ0v) is 11.8. The quantitative estimate of drug-likeness (QED) is 0.853. The molecule has 0 bridgehead atoms. The molecule has 4 nitrogen and oxygen atoms in total. The zero-order chi connectivity index (χ0) is 13.7. The monoisotopic (exact) mass is 276 g/mol. The van der Waals surface area contributed by atoms with Gasteiger partial charge in [0.25, 0.3) is 5.91 Å². The minimum atomic E-state index is -0.0859. The molecule has 2 rings (SSSR count). The van der Waals surface area contributed by atoms with Crippen molar-refractivity contribution in [2.75, 3.05) is 5.75 Å². The highest BCUT2D eigenvalue weighted by Crippen LogP contribution is 2.22. The Morgan fingerprint density at radius 3 is 2.89 bits per heavy atom. The Bertz CT molecular complexity index is 566. The molecule has 0 saturated heterocycles. The third-order valence-corrected chi connectivity index (χ3v) is 3.49. The second kappa shape index (κ2) is 6.43. The maximum atomic E-state index is 12.1. The number of carbonyl (C=O) groups is 1. The Morgan fingerprint density at radius 1 is 1.42 bits per heavy atom. The summed E-state index contributed by atoms with van der Waals surface area (Å²) in [5.41, 5.74) is 1.43. The number of amides is 1. The largest absolute Gasteiger partial charge is 0.361 e. The van der Waals surface area contributed by atoms with Gasteiger partial charge in [-0.25, -0.2) is 0 Å². The van der Waals surface area contributed by atoms with Crippen LogP contribution < -0.4 is 5.32 Å². The molecule has 1 N–H and O–H groups in total. The van der Waals surface area contributed by atoms with E-state index in [2.05, 4.69) is 17.4 Å². The number of hydrogen-bond acceptors (Lipinski definition) is 4. The van der Waals surface area contributed by atoms with E-state index in [0.29, 0.717) is 12.1 Å². The van der Waals surface area contributed by atoms with Crippen LogP contribution in [-0.4, -0.2) is 16.8 Å². The summed E-state index contributed by atoms with van der Waals surface area (Å²) in [4.78, 5) is 13.1. The van der Waals surface area contributed by atoms with E-state index in [0.717, 1.165) is 22.1 Å². The fourth-order valence-electron chi connectivity index (χ4n) is 1.70. The third kappa shape index (κ3) is 3.61. The van der Waals surface area contributed by atoms with Crippen LogP contribution >= 0.6 is 11.8 Å². The minimum absolute atomic E-state index is 0.0859. The van der Waals surface area contributed by atoms with E-state index in [9.17, 15) is 4.79 Å². The van der Waals surface area contributed by atoms with E-state index in [1.807, 2.05) is 37.3 Å². The first-order valence-electron chi connectivity index (χ1n) is 6.13. The van der Waals surface area contributed by atoms with E-state index in [1.165, 1.54) is 0 Å². The number of aromatic nitrogens is 1. The van der Waals surface area contributed by atoms with Crippen LogP contribution in [-0.2, 0) is 6.54 Å². The molecule has 1 heterocycles. The Balaban J connectivity index is 2.03. The molecule has 1 aromatic carbocycles. The zero-order valence-electron chi connectivity index (χ0n) is 11.0. The number of carbonyl (C=O) groups excluding carboxylic acids is 1. The van der Waals surface area contributed by atoms with E-state index in [1.54, 1.807) is 11.8 Å². The normalized spacial score (nSPS) is 10.4. The standard InChI is InChI=1S/C14H16N2O2S/c1-3-19-13-7-5-4-6-12(13)14(17)15-9-11-8-10(2)18-16-11/h4-8H,3,9H2,1-2H3,(H,15,17). The van der Waals surface area contributed by atoms with Crippen LogP contribution in [0, 0.1) is 6.92 Å². The maximum Gasteiger partial charge on any atom is 0.252 e. The molecule has 5 heteroatoms. The summed E-state index contributed by atoms with van der Waals surface area (Å²) in [6.45, 7) is 4.27. The Hall–Kier alpha value is -1.75. The molecule has 2 aromatic rings. The first-order valence-corrected chi connectivity index (χ1v) is 7.11. The van der Waals surface area contributed by atoms with Crippen LogP contribution in [0.4, 0.5) is 0 Å². The second-order valence-corrected chi connectivity index (χ2v) is 5.35. The van der Waals surface area contributed by atoms with Gasteiger partial charge in [-0.2, -0.15) is 0 Å². The molecule has 0 saturated carbocycles. The molecule has 0 aliphatic heterocycles. The number of aryl methyl sites for hydroxylation is 1. The highest BCUT2D eigenvalue weighted by Gasteiger charge is 2.11. The Kier molecular flexibility index (Phi) is 4.63. The van der Waals surface area contributed by atoms with E-state index >= 15 is 0 Å². The van der Waals surface area contributed by atoms with Crippen molar-refractivity contribution in [1.82, 2.24) is 10.5 Å². The van der Waals surface area contributed by atoms with Gasteiger partial charge in [0.05, 0.1) is 12.1 Å². The SMILES string of the molecule is CCSc1ccccc1C(=O)NCc1cc(C)on1. The van der Waals surface area contributed by atoms with Crippen molar-refractivity contribution in [1.29, 1.82) is 0 Å². The van der Waals surface area contributed by atoms with Crippen molar-refractivity contribution in [2.45, 2.75) is 25.3 Å². The summed E-state index contributed by atoms with van der Waals surface area (Å²) in [6, 6.07) is 9.42. The fraction of sp³-hybridized carbons (Fsp3) is 0.286. The van der Waals surface area contributed by atoms with Crippen molar-refractivity contribution in [3.05, 3.63) is 47.3 Å². The average molecular weight is 276 g/mol. The van der Waals surface area contributed by atoms with Gasteiger partial charge in [-0.05, 0) is 24.8 Å². The predicted octanol–water partition coefficient (Wildman–Crippen LogP) is 3.03. The molecule has 0 aliphatic carbocycles. The number of benzene rings is 1. The molecule has 0 fully saturated rings. The number of hydrogen-bond donors (Lipinski definition) is 1.